The van der Waals surface area contributed by atoms with Crippen LogP contribution < -0.4 is 0 Å². The number of carboxylic acid groups (broad SMARTS) is 1. The molecule has 0 aliphatic heterocycles. The van der Waals surface area contributed by atoms with E-state index in [-0.39, 0.29) is 5.82 Å². The highest BCUT2D eigenvalue weighted by atomic mass is 19.1. The second-order valence-corrected chi connectivity index (χ2v) is 4.75. The molecule has 1 heterocycles. The van der Waals surface area contributed by atoms with Gasteiger partial charge in [0.1, 0.15) is 5.82 Å². The molecule has 17 heavy (non-hydrogen) atoms. The van der Waals surface area contributed by atoms with Crippen molar-refractivity contribution in [1.82, 2.24) is 4.57 Å². The van der Waals surface area contributed by atoms with Gasteiger partial charge in [-0.15, -0.1) is 0 Å². The van der Waals surface area contributed by atoms with E-state index in [9.17, 15) is 14.3 Å². The van der Waals surface area contributed by atoms with Crippen molar-refractivity contribution < 1.29 is 14.3 Å². The topological polar surface area (TPSA) is 42.2 Å². The van der Waals surface area contributed by atoms with Gasteiger partial charge in [0.2, 0.25) is 0 Å². The lowest BCUT2D eigenvalue weighted by Gasteiger charge is -2.18. The van der Waals surface area contributed by atoms with Crippen LogP contribution >= 0.6 is 0 Å². The number of aryl methyl sites for hydroxylation is 1. The summed E-state index contributed by atoms with van der Waals surface area (Å²) in [6.07, 6.45) is 1.75. The molecule has 0 bridgehead atoms. The summed E-state index contributed by atoms with van der Waals surface area (Å²) < 4.78 is 15.1. The molecule has 1 aromatic carbocycles. The molecule has 0 unspecified atom stereocenters. The quantitative estimate of drug-likeness (QED) is 0.869. The number of rotatable bonds is 2. The second-order valence-electron chi connectivity index (χ2n) is 4.75. The molecule has 0 spiro atoms. The van der Waals surface area contributed by atoms with Crippen molar-refractivity contribution in [1.29, 1.82) is 0 Å². The fraction of sp³-hybridized carbons (Fsp3) is 0.308. The first-order valence-electron chi connectivity index (χ1n) is 5.32. The Morgan fingerprint density at radius 3 is 2.65 bits per heavy atom. The zero-order valence-corrected chi connectivity index (χ0v) is 9.99. The van der Waals surface area contributed by atoms with Crippen LogP contribution in [0.25, 0.3) is 10.9 Å². The van der Waals surface area contributed by atoms with E-state index < -0.39 is 11.4 Å². The smallest absolute Gasteiger partial charge is 0.313 e. The molecule has 2 rings (SSSR count). The summed E-state index contributed by atoms with van der Waals surface area (Å²) in [4.78, 5) is 11.3. The second kappa shape index (κ2) is 3.58. The maximum absolute atomic E-state index is 13.3. The molecule has 4 heteroatoms. The standard InChI is InChI=1S/C13H14FNO2/c1-13(2,12(16)17)10-7-15(3)11-5-4-8(14)6-9(10)11/h4-7H,1-3H3,(H,16,17). The van der Waals surface area contributed by atoms with Crippen LogP contribution in [-0.4, -0.2) is 15.6 Å². The zero-order valence-electron chi connectivity index (χ0n) is 9.99. The van der Waals surface area contributed by atoms with Crippen molar-refractivity contribution in [2.75, 3.05) is 0 Å². The molecule has 3 nitrogen and oxygen atoms in total. The molecule has 0 atom stereocenters. The van der Waals surface area contributed by atoms with Gasteiger partial charge < -0.3 is 9.67 Å². The van der Waals surface area contributed by atoms with E-state index in [1.165, 1.54) is 12.1 Å². The summed E-state index contributed by atoms with van der Waals surface area (Å²) in [5.41, 5.74) is 0.422. The molecular weight excluding hydrogens is 221 g/mol. The lowest BCUT2D eigenvalue weighted by Crippen LogP contribution is -2.28. The molecule has 0 radical (unpaired) electrons. The molecule has 0 aliphatic carbocycles. The van der Waals surface area contributed by atoms with Crippen LogP contribution in [0.4, 0.5) is 4.39 Å². The van der Waals surface area contributed by atoms with Crippen molar-refractivity contribution in [2.45, 2.75) is 19.3 Å². The number of carbonyl (C=O) groups is 1. The summed E-state index contributed by atoms with van der Waals surface area (Å²) >= 11 is 0. The SMILES string of the molecule is Cn1cc(C(C)(C)C(=O)O)c2cc(F)ccc21. The maximum Gasteiger partial charge on any atom is 0.313 e. The fourth-order valence-corrected chi connectivity index (χ4v) is 1.98. The van der Waals surface area contributed by atoms with Crippen LogP contribution in [0.1, 0.15) is 19.4 Å². The van der Waals surface area contributed by atoms with Gasteiger partial charge in [0.05, 0.1) is 5.41 Å². The first kappa shape index (κ1) is 11.6. The Morgan fingerprint density at radius 1 is 1.41 bits per heavy atom. The molecule has 0 saturated carbocycles. The summed E-state index contributed by atoms with van der Waals surface area (Å²) in [5, 5.41) is 9.88. The number of aromatic nitrogens is 1. The number of hydrogen-bond donors (Lipinski definition) is 1. The summed E-state index contributed by atoms with van der Waals surface area (Å²) in [6.45, 7) is 3.24. The Labute approximate surface area is 98.5 Å². The molecule has 1 aromatic heterocycles. The Balaban J connectivity index is 2.79. The largest absolute Gasteiger partial charge is 0.481 e. The van der Waals surface area contributed by atoms with Gasteiger partial charge in [0.25, 0.3) is 0 Å². The summed E-state index contributed by atoms with van der Waals surface area (Å²) in [6, 6.07) is 4.42. The van der Waals surface area contributed by atoms with Gasteiger partial charge in [-0.3, -0.25) is 4.79 Å². The Hall–Kier alpha value is -1.84. The molecule has 90 valence electrons. The predicted octanol–water partition coefficient (Wildman–Crippen LogP) is 2.68. The van der Waals surface area contributed by atoms with Crippen LogP contribution in [0.3, 0.4) is 0 Å². The van der Waals surface area contributed by atoms with Crippen LogP contribution in [0.5, 0.6) is 0 Å². The molecule has 1 N–H and O–H groups in total. The number of halogens is 1. The minimum absolute atomic E-state index is 0.355. The van der Waals surface area contributed by atoms with E-state index >= 15 is 0 Å². The highest BCUT2D eigenvalue weighted by Gasteiger charge is 2.32. The third kappa shape index (κ3) is 1.69. The normalized spacial score (nSPS) is 12.0. The molecule has 2 aromatic rings. The number of hydrogen-bond acceptors (Lipinski definition) is 1. The average Bonchev–Trinajstić information content (AvgIpc) is 2.56. The van der Waals surface area contributed by atoms with Gasteiger partial charge in [-0.2, -0.15) is 0 Å². The van der Waals surface area contributed by atoms with E-state index in [1.807, 2.05) is 11.6 Å². The van der Waals surface area contributed by atoms with Gasteiger partial charge >= 0.3 is 5.97 Å². The van der Waals surface area contributed by atoms with Crippen molar-refractivity contribution >= 4 is 16.9 Å². The van der Waals surface area contributed by atoms with Crippen molar-refractivity contribution in [3.63, 3.8) is 0 Å². The number of carboxylic acids is 1. The molecule has 0 amide bonds. The number of aliphatic carboxylic acids is 1. The minimum Gasteiger partial charge on any atom is -0.481 e. The van der Waals surface area contributed by atoms with Crippen molar-refractivity contribution in [3.8, 4) is 0 Å². The molecular formula is C13H14FNO2. The van der Waals surface area contributed by atoms with Gasteiger partial charge in [-0.05, 0) is 37.6 Å². The van der Waals surface area contributed by atoms with E-state index in [2.05, 4.69) is 0 Å². The van der Waals surface area contributed by atoms with Crippen LogP contribution in [0.2, 0.25) is 0 Å². The summed E-state index contributed by atoms with van der Waals surface area (Å²) in [7, 11) is 1.82. The van der Waals surface area contributed by atoms with Crippen LogP contribution in [-0.2, 0) is 17.3 Å². The van der Waals surface area contributed by atoms with Gasteiger partial charge in [-0.1, -0.05) is 0 Å². The summed E-state index contributed by atoms with van der Waals surface area (Å²) in [5.74, 6) is -1.28. The van der Waals surface area contributed by atoms with Gasteiger partial charge in [-0.25, -0.2) is 4.39 Å². The minimum atomic E-state index is -1.03. The number of fused-ring (bicyclic) bond motifs is 1. The maximum atomic E-state index is 13.3. The Kier molecular flexibility index (Phi) is 2.45. The van der Waals surface area contributed by atoms with Gasteiger partial charge in [0.15, 0.2) is 0 Å². The molecule has 0 saturated heterocycles. The van der Waals surface area contributed by atoms with E-state index in [0.29, 0.717) is 10.9 Å². The molecule has 0 aliphatic rings. The van der Waals surface area contributed by atoms with Gasteiger partial charge in [0, 0.05) is 24.1 Å². The third-order valence-electron chi connectivity index (χ3n) is 3.16. The van der Waals surface area contributed by atoms with E-state index in [4.69, 9.17) is 0 Å². The van der Waals surface area contributed by atoms with Crippen LogP contribution in [0.15, 0.2) is 24.4 Å². The first-order chi connectivity index (χ1) is 7.84. The fourth-order valence-electron chi connectivity index (χ4n) is 1.98. The third-order valence-corrected chi connectivity index (χ3v) is 3.16. The highest BCUT2D eigenvalue weighted by molar-refractivity contribution is 5.92. The van der Waals surface area contributed by atoms with E-state index in [1.54, 1.807) is 26.1 Å². The number of nitrogens with zero attached hydrogens (tertiary/aromatic N) is 1. The van der Waals surface area contributed by atoms with Crippen molar-refractivity contribution in [3.05, 3.63) is 35.8 Å². The highest BCUT2D eigenvalue weighted by Crippen LogP contribution is 2.32. The van der Waals surface area contributed by atoms with Crippen molar-refractivity contribution in [2.24, 2.45) is 7.05 Å². The monoisotopic (exact) mass is 235 g/mol. The predicted molar refractivity (Wildman–Crippen MR) is 63.5 cm³/mol. The molecule has 0 fully saturated rings. The average molecular weight is 235 g/mol. The Bertz CT molecular complexity index is 599. The number of benzene rings is 1. The van der Waals surface area contributed by atoms with E-state index in [0.717, 1.165) is 5.52 Å². The Morgan fingerprint density at radius 2 is 2.06 bits per heavy atom. The first-order valence-corrected chi connectivity index (χ1v) is 5.32. The van der Waals surface area contributed by atoms with Crippen LogP contribution in [0, 0.1) is 5.82 Å². The lowest BCUT2D eigenvalue weighted by atomic mass is 9.84. The lowest BCUT2D eigenvalue weighted by molar-refractivity contribution is -0.142. The zero-order chi connectivity index (χ0) is 12.8.